The van der Waals surface area contributed by atoms with Crippen molar-refractivity contribution in [3.63, 3.8) is 0 Å². The van der Waals surface area contributed by atoms with E-state index in [-0.39, 0.29) is 19.5 Å². The summed E-state index contributed by atoms with van der Waals surface area (Å²) in [5.41, 5.74) is 0.662. The van der Waals surface area contributed by atoms with Crippen LogP contribution in [0.1, 0.15) is 20.7 Å². The molecule has 27 heavy (non-hydrogen) atoms. The van der Waals surface area contributed by atoms with Gasteiger partial charge in [0.15, 0.2) is 0 Å². The molecule has 2 aromatic rings. The van der Waals surface area contributed by atoms with Crippen LogP contribution >= 0.6 is 0 Å². The predicted molar refractivity (Wildman–Crippen MR) is 104 cm³/mol. The molecule has 0 saturated carbocycles. The van der Waals surface area contributed by atoms with Gasteiger partial charge in [-0.3, -0.25) is 0 Å². The molecule has 0 aliphatic rings. The number of carboxylic acid groups (broad SMARTS) is 2. The van der Waals surface area contributed by atoms with Crippen molar-refractivity contribution < 1.29 is 39.3 Å². The molecule has 0 aliphatic heterocycles. The zero-order valence-electron chi connectivity index (χ0n) is 16.5. The van der Waals surface area contributed by atoms with E-state index in [0.29, 0.717) is 11.1 Å². The van der Waals surface area contributed by atoms with Gasteiger partial charge in [-0.05, 0) is 52.5 Å². The molecule has 0 fully saturated rings. The quantitative estimate of drug-likeness (QED) is 0.717. The van der Waals surface area contributed by atoms with Crippen molar-refractivity contribution in [1.82, 2.24) is 9.80 Å². The van der Waals surface area contributed by atoms with E-state index in [9.17, 15) is 9.59 Å². The van der Waals surface area contributed by atoms with Gasteiger partial charge < -0.3 is 20.0 Å². The summed E-state index contributed by atoms with van der Waals surface area (Å²) >= 11 is 0. The van der Waals surface area contributed by atoms with Crippen molar-refractivity contribution in [3.05, 3.63) is 71.8 Å². The Morgan fingerprint density at radius 1 is 0.667 bits per heavy atom. The Morgan fingerprint density at radius 2 is 0.926 bits per heavy atom. The number of aromatic carboxylic acids is 2. The van der Waals surface area contributed by atoms with Gasteiger partial charge in [-0.1, -0.05) is 36.4 Å². The van der Waals surface area contributed by atoms with Gasteiger partial charge >= 0.3 is 31.4 Å². The minimum Gasteiger partial charge on any atom is -0.478 e. The Hall–Kier alpha value is -2.08. The summed E-state index contributed by atoms with van der Waals surface area (Å²) in [5, 5.41) is 16.8. The number of carbonyl (C=O) groups is 2. The Balaban J connectivity index is 0. The van der Waals surface area contributed by atoms with Crippen molar-refractivity contribution >= 4 is 11.9 Å². The molecule has 142 valence electrons. The van der Waals surface area contributed by atoms with Crippen LogP contribution in [0.2, 0.25) is 0 Å². The van der Waals surface area contributed by atoms with Crippen molar-refractivity contribution in [2.24, 2.45) is 0 Å². The van der Waals surface area contributed by atoms with Crippen LogP contribution in [0.5, 0.6) is 0 Å². The molecular weight excluding hydrogens is 398 g/mol. The van der Waals surface area contributed by atoms with E-state index < -0.39 is 11.9 Å². The summed E-state index contributed by atoms with van der Waals surface area (Å²) in [7, 11) is 8.35. The fourth-order valence-electron chi connectivity index (χ4n) is 1.56. The number of hydrogen-bond acceptors (Lipinski definition) is 4. The summed E-state index contributed by atoms with van der Waals surface area (Å²) in [4.78, 5) is 24.8. The van der Waals surface area contributed by atoms with Crippen molar-refractivity contribution in [2.75, 3.05) is 41.3 Å². The number of benzene rings is 2. The maximum absolute atomic E-state index is 10.2. The van der Waals surface area contributed by atoms with Gasteiger partial charge in [-0.2, -0.15) is 0 Å². The van der Waals surface area contributed by atoms with E-state index in [0.717, 1.165) is 13.1 Å². The first-order valence-corrected chi connectivity index (χ1v) is 8.10. The van der Waals surface area contributed by atoms with Gasteiger partial charge in [0.05, 0.1) is 11.1 Å². The van der Waals surface area contributed by atoms with Gasteiger partial charge in [-0.25, -0.2) is 9.59 Å². The third-order valence-corrected chi connectivity index (χ3v) is 3.04. The van der Waals surface area contributed by atoms with E-state index >= 15 is 0 Å². The Morgan fingerprint density at radius 3 is 1.07 bits per heavy atom. The second kappa shape index (κ2) is 16.1. The number of likely N-dealkylation sites (N-methyl/N-ethyl adjacent to an activating group) is 2. The van der Waals surface area contributed by atoms with Crippen LogP contribution in [0.15, 0.2) is 60.7 Å². The molecule has 0 heterocycles. The SMILES string of the molecule is CN(C)CCN(C)C.O=C(O)c1ccccc1.O=C(O)c1ccccc1.[Zn+2]. The van der Waals surface area contributed by atoms with Crippen LogP contribution in [0.25, 0.3) is 0 Å². The molecule has 0 atom stereocenters. The number of nitrogens with zero attached hydrogens (tertiary/aromatic N) is 2. The van der Waals surface area contributed by atoms with Crippen molar-refractivity contribution in [3.8, 4) is 0 Å². The van der Waals surface area contributed by atoms with Gasteiger partial charge in [0.1, 0.15) is 0 Å². The van der Waals surface area contributed by atoms with E-state index in [2.05, 4.69) is 38.0 Å². The molecule has 0 saturated heterocycles. The summed E-state index contributed by atoms with van der Waals surface area (Å²) in [6, 6.07) is 16.6. The minimum absolute atomic E-state index is 0. The van der Waals surface area contributed by atoms with E-state index in [4.69, 9.17) is 10.2 Å². The molecule has 0 unspecified atom stereocenters. The van der Waals surface area contributed by atoms with Crippen LogP contribution in [0.4, 0.5) is 0 Å². The summed E-state index contributed by atoms with van der Waals surface area (Å²) in [6.07, 6.45) is 0. The molecular formula is C20H28N2O4Zn+2. The topological polar surface area (TPSA) is 81.1 Å². The van der Waals surface area contributed by atoms with Gasteiger partial charge in [0.2, 0.25) is 0 Å². The minimum atomic E-state index is -0.879. The first-order valence-electron chi connectivity index (χ1n) is 8.10. The van der Waals surface area contributed by atoms with E-state index in [1.54, 1.807) is 60.7 Å². The largest absolute Gasteiger partial charge is 2.00 e. The van der Waals surface area contributed by atoms with Gasteiger partial charge in [0, 0.05) is 13.1 Å². The Labute approximate surface area is 174 Å². The Kier molecular flexibility index (Phi) is 16.2. The second-order valence-corrected chi connectivity index (χ2v) is 5.95. The molecule has 0 radical (unpaired) electrons. The third kappa shape index (κ3) is 15.9. The fourth-order valence-corrected chi connectivity index (χ4v) is 1.56. The molecule has 7 heteroatoms. The molecule has 0 aromatic heterocycles. The molecule has 6 nitrogen and oxygen atoms in total. The first-order chi connectivity index (χ1) is 12.2. The van der Waals surface area contributed by atoms with Crippen LogP contribution in [0, 0.1) is 0 Å². The van der Waals surface area contributed by atoms with E-state index in [1.165, 1.54) is 0 Å². The van der Waals surface area contributed by atoms with Crippen LogP contribution in [0.3, 0.4) is 0 Å². The maximum atomic E-state index is 10.2. The molecule has 0 amide bonds. The summed E-state index contributed by atoms with van der Waals surface area (Å²) in [6.45, 7) is 2.29. The normalized spacial score (nSPS) is 9.26. The zero-order valence-corrected chi connectivity index (χ0v) is 19.5. The van der Waals surface area contributed by atoms with Gasteiger partial charge in [0.25, 0.3) is 0 Å². The summed E-state index contributed by atoms with van der Waals surface area (Å²) < 4.78 is 0. The fraction of sp³-hybridized carbons (Fsp3) is 0.300. The Bertz CT molecular complexity index is 577. The standard InChI is InChI=1S/2C7H6O2.C6H16N2.Zn/c2*8-7(9)6-4-2-1-3-5-6;1-7(2)5-6-8(3)4;/h2*1-5H,(H,8,9);5-6H2,1-4H3;/q;;;+2. The molecule has 2 aromatic carbocycles. The average molecular weight is 426 g/mol. The first kappa shape index (κ1) is 27.1. The maximum Gasteiger partial charge on any atom is 2.00 e. The van der Waals surface area contributed by atoms with Gasteiger partial charge in [-0.15, -0.1) is 0 Å². The molecule has 2 rings (SSSR count). The van der Waals surface area contributed by atoms with Crippen molar-refractivity contribution in [2.45, 2.75) is 0 Å². The summed E-state index contributed by atoms with van der Waals surface area (Å²) in [5.74, 6) is -1.76. The number of rotatable bonds is 5. The molecule has 0 spiro atoms. The van der Waals surface area contributed by atoms with Crippen LogP contribution in [-0.4, -0.2) is 73.2 Å². The molecule has 0 aliphatic carbocycles. The zero-order chi connectivity index (χ0) is 19.9. The molecule has 2 N–H and O–H groups in total. The smallest absolute Gasteiger partial charge is 0.478 e. The average Bonchev–Trinajstić information content (AvgIpc) is 2.62. The van der Waals surface area contributed by atoms with Crippen LogP contribution in [-0.2, 0) is 19.5 Å². The monoisotopic (exact) mass is 424 g/mol. The number of hydrogen-bond donors (Lipinski definition) is 2. The predicted octanol–water partition coefficient (Wildman–Crippen LogP) is 2.88. The van der Waals surface area contributed by atoms with E-state index in [1.807, 2.05) is 0 Å². The van der Waals surface area contributed by atoms with Crippen molar-refractivity contribution in [1.29, 1.82) is 0 Å². The van der Waals surface area contributed by atoms with Crippen LogP contribution < -0.4 is 0 Å². The molecule has 0 bridgehead atoms. The number of carboxylic acids is 2. The second-order valence-electron chi connectivity index (χ2n) is 5.95. The third-order valence-electron chi connectivity index (χ3n) is 3.04.